The van der Waals surface area contributed by atoms with Crippen molar-refractivity contribution in [3.05, 3.63) is 94.8 Å². The zero-order chi connectivity index (χ0) is 24.1. The van der Waals surface area contributed by atoms with Gasteiger partial charge in [-0.05, 0) is 24.6 Å². The first-order valence-corrected chi connectivity index (χ1v) is 10.9. The third-order valence-corrected chi connectivity index (χ3v) is 5.45. The van der Waals surface area contributed by atoms with E-state index in [-0.39, 0.29) is 5.56 Å². The molecular formula is C27H25N3O4. The Morgan fingerprint density at radius 1 is 0.912 bits per heavy atom. The minimum Gasteiger partial charge on any atom is -0.497 e. The lowest BCUT2D eigenvalue weighted by atomic mass is 9.95. The molecule has 0 saturated carbocycles. The Kier molecular flexibility index (Phi) is 6.73. The zero-order valence-electron chi connectivity index (χ0n) is 19.2. The molecule has 0 bridgehead atoms. The first kappa shape index (κ1) is 22.8. The lowest BCUT2D eigenvalue weighted by Crippen LogP contribution is -2.32. The molecule has 0 aliphatic carbocycles. The summed E-state index contributed by atoms with van der Waals surface area (Å²) in [7, 11) is 3.05. The average molecular weight is 456 g/mol. The van der Waals surface area contributed by atoms with Crippen LogP contribution in [0.25, 0.3) is 22.4 Å². The number of anilines is 1. The summed E-state index contributed by atoms with van der Waals surface area (Å²) in [4.78, 5) is 27.1. The smallest absolute Gasteiger partial charge is 0.280 e. The number of amides is 1. The van der Waals surface area contributed by atoms with E-state index in [0.29, 0.717) is 35.0 Å². The van der Waals surface area contributed by atoms with E-state index in [1.807, 2.05) is 67.6 Å². The Hall–Kier alpha value is -4.39. The van der Waals surface area contributed by atoms with Gasteiger partial charge in [-0.3, -0.25) is 9.59 Å². The summed E-state index contributed by atoms with van der Waals surface area (Å²) in [6.07, 6.45) is 0. The standard InChI is InChI=1S/C27H25N3O4/c1-4-30-27(32)24(26(31)28-21-16-15-20(33-2)17-22(21)34-3)23(18-11-7-5-8-12-18)25(29-30)19-13-9-6-10-14-19/h5-17H,4H2,1-3H3,(H,28,31). The Labute approximate surface area is 197 Å². The quantitative estimate of drug-likeness (QED) is 0.430. The summed E-state index contributed by atoms with van der Waals surface area (Å²) < 4.78 is 12.0. The monoisotopic (exact) mass is 455 g/mol. The van der Waals surface area contributed by atoms with Gasteiger partial charge in [-0.15, -0.1) is 0 Å². The second kappa shape index (κ2) is 10.0. The summed E-state index contributed by atoms with van der Waals surface area (Å²) >= 11 is 0. The van der Waals surface area contributed by atoms with Crippen molar-refractivity contribution in [2.75, 3.05) is 19.5 Å². The SMILES string of the molecule is CCn1nc(-c2ccccc2)c(-c2ccccc2)c(C(=O)Nc2ccc(OC)cc2OC)c1=O. The fourth-order valence-electron chi connectivity index (χ4n) is 3.77. The van der Waals surface area contributed by atoms with Crippen molar-refractivity contribution in [1.82, 2.24) is 9.78 Å². The summed E-state index contributed by atoms with van der Waals surface area (Å²) in [5.74, 6) is 0.458. The fraction of sp³-hybridized carbons (Fsp3) is 0.148. The first-order chi connectivity index (χ1) is 16.6. The average Bonchev–Trinajstić information content (AvgIpc) is 2.89. The molecule has 1 aromatic heterocycles. The van der Waals surface area contributed by atoms with Crippen LogP contribution in [0, 0.1) is 0 Å². The van der Waals surface area contributed by atoms with Crippen LogP contribution in [0.2, 0.25) is 0 Å². The van der Waals surface area contributed by atoms with E-state index in [1.54, 1.807) is 25.3 Å². The van der Waals surface area contributed by atoms with Gasteiger partial charge < -0.3 is 14.8 Å². The van der Waals surface area contributed by atoms with Gasteiger partial charge in [0.15, 0.2) is 0 Å². The number of carbonyl (C=O) groups excluding carboxylic acids is 1. The molecule has 172 valence electrons. The van der Waals surface area contributed by atoms with Crippen LogP contribution in [-0.4, -0.2) is 29.9 Å². The minimum absolute atomic E-state index is 0.0137. The molecule has 7 nitrogen and oxygen atoms in total. The maximum atomic E-state index is 13.7. The number of nitrogens with one attached hydrogen (secondary N) is 1. The number of aryl methyl sites for hydroxylation is 1. The van der Waals surface area contributed by atoms with E-state index in [2.05, 4.69) is 10.4 Å². The highest BCUT2D eigenvalue weighted by Crippen LogP contribution is 2.34. The number of carbonyl (C=O) groups is 1. The van der Waals surface area contributed by atoms with Gasteiger partial charge in [0.05, 0.1) is 25.6 Å². The number of nitrogens with zero attached hydrogens (tertiary/aromatic N) is 2. The summed E-state index contributed by atoms with van der Waals surface area (Å²) in [6, 6.07) is 23.9. The van der Waals surface area contributed by atoms with Gasteiger partial charge in [0.2, 0.25) is 0 Å². The number of aromatic nitrogens is 2. The Morgan fingerprint density at radius 2 is 1.56 bits per heavy atom. The molecule has 0 unspecified atom stereocenters. The van der Waals surface area contributed by atoms with Crippen molar-refractivity contribution in [3.8, 4) is 33.9 Å². The molecule has 7 heteroatoms. The second-order valence-corrected chi connectivity index (χ2v) is 7.47. The summed E-state index contributed by atoms with van der Waals surface area (Å²) in [6.45, 7) is 2.14. The van der Waals surface area contributed by atoms with Crippen LogP contribution in [0.15, 0.2) is 83.7 Å². The van der Waals surface area contributed by atoms with Crippen molar-refractivity contribution >= 4 is 11.6 Å². The molecule has 0 atom stereocenters. The minimum atomic E-state index is -0.547. The van der Waals surface area contributed by atoms with Crippen LogP contribution in [0.4, 0.5) is 5.69 Å². The number of methoxy groups -OCH3 is 2. The van der Waals surface area contributed by atoms with E-state index < -0.39 is 11.5 Å². The summed E-state index contributed by atoms with van der Waals surface area (Å²) in [5.41, 5.74) is 2.53. The van der Waals surface area contributed by atoms with Gasteiger partial charge in [0.25, 0.3) is 11.5 Å². The molecular weight excluding hydrogens is 430 g/mol. The number of ether oxygens (including phenoxy) is 2. The second-order valence-electron chi connectivity index (χ2n) is 7.47. The predicted octanol–water partition coefficient (Wildman–Crippen LogP) is 4.87. The third kappa shape index (κ3) is 4.41. The maximum absolute atomic E-state index is 13.7. The molecule has 1 heterocycles. The molecule has 3 aromatic carbocycles. The highest BCUT2D eigenvalue weighted by molar-refractivity contribution is 6.10. The molecule has 1 N–H and O–H groups in total. The molecule has 0 spiro atoms. The molecule has 0 saturated heterocycles. The van der Waals surface area contributed by atoms with Crippen molar-refractivity contribution in [2.24, 2.45) is 0 Å². The van der Waals surface area contributed by atoms with Crippen molar-refractivity contribution in [1.29, 1.82) is 0 Å². The normalized spacial score (nSPS) is 10.6. The first-order valence-electron chi connectivity index (χ1n) is 10.9. The number of rotatable bonds is 7. The number of benzene rings is 3. The number of hydrogen-bond acceptors (Lipinski definition) is 5. The van der Waals surface area contributed by atoms with Crippen LogP contribution >= 0.6 is 0 Å². The van der Waals surface area contributed by atoms with Crippen LogP contribution in [0.5, 0.6) is 11.5 Å². The zero-order valence-corrected chi connectivity index (χ0v) is 19.2. The third-order valence-electron chi connectivity index (χ3n) is 5.45. The summed E-state index contributed by atoms with van der Waals surface area (Å²) in [5, 5.41) is 7.48. The van der Waals surface area contributed by atoms with Gasteiger partial charge >= 0.3 is 0 Å². The van der Waals surface area contributed by atoms with E-state index >= 15 is 0 Å². The van der Waals surface area contributed by atoms with Crippen LogP contribution in [0.1, 0.15) is 17.3 Å². The van der Waals surface area contributed by atoms with Crippen LogP contribution in [0.3, 0.4) is 0 Å². The number of hydrogen-bond donors (Lipinski definition) is 1. The van der Waals surface area contributed by atoms with Crippen LogP contribution in [-0.2, 0) is 6.54 Å². The Morgan fingerprint density at radius 3 is 2.15 bits per heavy atom. The lowest BCUT2D eigenvalue weighted by Gasteiger charge is -2.17. The van der Waals surface area contributed by atoms with Gasteiger partial charge in [-0.2, -0.15) is 5.10 Å². The molecule has 1 amide bonds. The van der Waals surface area contributed by atoms with Crippen LogP contribution < -0.4 is 20.3 Å². The van der Waals surface area contributed by atoms with Gasteiger partial charge in [-0.25, -0.2) is 4.68 Å². The maximum Gasteiger partial charge on any atom is 0.280 e. The lowest BCUT2D eigenvalue weighted by molar-refractivity contribution is 0.102. The molecule has 4 aromatic rings. The molecule has 34 heavy (non-hydrogen) atoms. The van der Waals surface area contributed by atoms with Gasteiger partial charge in [-0.1, -0.05) is 60.7 Å². The molecule has 0 fully saturated rings. The largest absolute Gasteiger partial charge is 0.497 e. The highest BCUT2D eigenvalue weighted by atomic mass is 16.5. The van der Waals surface area contributed by atoms with Crippen molar-refractivity contribution < 1.29 is 14.3 Å². The fourth-order valence-corrected chi connectivity index (χ4v) is 3.77. The molecule has 0 radical (unpaired) electrons. The van der Waals surface area contributed by atoms with E-state index in [1.165, 1.54) is 11.8 Å². The highest BCUT2D eigenvalue weighted by Gasteiger charge is 2.25. The Bertz CT molecular complexity index is 1370. The van der Waals surface area contributed by atoms with Crippen molar-refractivity contribution in [2.45, 2.75) is 13.5 Å². The van der Waals surface area contributed by atoms with Gasteiger partial charge in [0, 0.05) is 23.7 Å². The Balaban J connectivity index is 1.95. The van der Waals surface area contributed by atoms with Crippen molar-refractivity contribution in [3.63, 3.8) is 0 Å². The molecule has 0 aliphatic heterocycles. The van der Waals surface area contributed by atoms with E-state index in [4.69, 9.17) is 9.47 Å². The van der Waals surface area contributed by atoms with E-state index in [9.17, 15) is 9.59 Å². The molecule has 0 aliphatic rings. The molecule has 4 rings (SSSR count). The van der Waals surface area contributed by atoms with E-state index in [0.717, 1.165) is 11.1 Å². The topological polar surface area (TPSA) is 82.5 Å². The predicted molar refractivity (Wildman–Crippen MR) is 133 cm³/mol. The van der Waals surface area contributed by atoms with Gasteiger partial charge in [0.1, 0.15) is 17.1 Å².